The number of aliphatic hydroxyl groups excluding tert-OH is 1. The summed E-state index contributed by atoms with van der Waals surface area (Å²) in [4.78, 5) is -0.0420. The third-order valence-electron chi connectivity index (χ3n) is 3.24. The number of anilines is 1. The van der Waals surface area contributed by atoms with Crippen molar-refractivity contribution in [2.75, 3.05) is 20.0 Å². The lowest BCUT2D eigenvalue weighted by atomic mass is 9.91. The van der Waals surface area contributed by atoms with Gasteiger partial charge in [0.1, 0.15) is 16.4 Å². The number of rotatable bonds is 5. The summed E-state index contributed by atoms with van der Waals surface area (Å²) in [6.45, 7) is 0. The zero-order chi connectivity index (χ0) is 14.9. The Hall–Kier alpha value is -1.51. The third-order valence-corrected chi connectivity index (χ3v) is 4.78. The van der Waals surface area contributed by atoms with E-state index in [1.54, 1.807) is 0 Å². The molecule has 1 saturated carbocycles. The van der Waals surface area contributed by atoms with Crippen LogP contribution >= 0.6 is 0 Å². The maximum absolute atomic E-state index is 12.3. The second-order valence-corrected chi connectivity index (χ2v) is 6.37. The molecule has 0 bridgehead atoms. The number of benzene rings is 1. The van der Waals surface area contributed by atoms with Gasteiger partial charge in [-0.15, -0.1) is 0 Å². The first kappa shape index (κ1) is 14.9. The summed E-state index contributed by atoms with van der Waals surface area (Å²) >= 11 is 0. The van der Waals surface area contributed by atoms with Gasteiger partial charge in [0.2, 0.25) is 10.0 Å². The normalized spacial score (nSPS) is 22.1. The van der Waals surface area contributed by atoms with Gasteiger partial charge in [0, 0.05) is 12.1 Å². The van der Waals surface area contributed by atoms with Crippen LogP contribution in [-0.2, 0) is 10.0 Å². The van der Waals surface area contributed by atoms with Crippen molar-refractivity contribution in [3.05, 3.63) is 12.1 Å². The summed E-state index contributed by atoms with van der Waals surface area (Å²) in [6.07, 6.45) is 0.380. The molecule has 7 nitrogen and oxygen atoms in total. The average molecular weight is 302 g/mol. The molecular weight excluding hydrogens is 284 g/mol. The lowest BCUT2D eigenvalue weighted by molar-refractivity contribution is 0.0712. The van der Waals surface area contributed by atoms with Crippen LogP contribution in [0.2, 0.25) is 0 Å². The lowest BCUT2D eigenvalue weighted by Crippen LogP contribution is -2.46. The van der Waals surface area contributed by atoms with Gasteiger partial charge in [-0.25, -0.2) is 13.1 Å². The first-order valence-corrected chi connectivity index (χ1v) is 7.57. The fourth-order valence-electron chi connectivity index (χ4n) is 2.07. The Balaban J connectivity index is 2.32. The van der Waals surface area contributed by atoms with Crippen molar-refractivity contribution in [2.45, 2.75) is 29.9 Å². The van der Waals surface area contributed by atoms with Gasteiger partial charge in [0.25, 0.3) is 0 Å². The summed E-state index contributed by atoms with van der Waals surface area (Å²) < 4.78 is 37.2. The van der Waals surface area contributed by atoms with Crippen molar-refractivity contribution >= 4 is 15.7 Å². The molecule has 2 rings (SSSR count). The van der Waals surface area contributed by atoms with E-state index in [2.05, 4.69) is 4.72 Å². The van der Waals surface area contributed by atoms with E-state index in [9.17, 15) is 13.5 Å². The van der Waals surface area contributed by atoms with E-state index in [0.29, 0.717) is 18.6 Å². The summed E-state index contributed by atoms with van der Waals surface area (Å²) in [7, 11) is -0.946. The van der Waals surface area contributed by atoms with Crippen LogP contribution in [-0.4, -0.2) is 39.9 Å². The molecule has 0 heterocycles. The number of nitrogens with one attached hydrogen (secondary N) is 1. The van der Waals surface area contributed by atoms with Crippen LogP contribution < -0.4 is 19.9 Å². The number of methoxy groups -OCH3 is 2. The minimum atomic E-state index is -3.76. The molecule has 0 spiro atoms. The number of nitrogens with two attached hydrogens (primary N) is 1. The Morgan fingerprint density at radius 2 is 1.85 bits per heavy atom. The van der Waals surface area contributed by atoms with Crippen molar-refractivity contribution in [3.63, 3.8) is 0 Å². The number of ether oxygens (including phenoxy) is 2. The highest BCUT2D eigenvalue weighted by atomic mass is 32.2. The van der Waals surface area contributed by atoms with E-state index >= 15 is 0 Å². The van der Waals surface area contributed by atoms with Gasteiger partial charge in [-0.2, -0.15) is 0 Å². The topological polar surface area (TPSA) is 111 Å². The van der Waals surface area contributed by atoms with Crippen molar-refractivity contribution in [1.82, 2.24) is 4.72 Å². The number of aliphatic hydroxyl groups is 1. The van der Waals surface area contributed by atoms with Crippen LogP contribution in [0, 0.1) is 0 Å². The molecule has 20 heavy (non-hydrogen) atoms. The van der Waals surface area contributed by atoms with Crippen LogP contribution in [0.25, 0.3) is 0 Å². The number of sulfonamides is 1. The van der Waals surface area contributed by atoms with Crippen LogP contribution in [0.15, 0.2) is 17.0 Å². The van der Waals surface area contributed by atoms with Gasteiger partial charge in [-0.1, -0.05) is 0 Å². The maximum atomic E-state index is 12.3. The highest BCUT2D eigenvalue weighted by molar-refractivity contribution is 7.89. The zero-order valence-corrected chi connectivity index (χ0v) is 12.1. The van der Waals surface area contributed by atoms with Gasteiger partial charge >= 0.3 is 0 Å². The first-order valence-electron chi connectivity index (χ1n) is 6.09. The van der Waals surface area contributed by atoms with Gasteiger partial charge in [-0.05, 0) is 18.9 Å². The monoisotopic (exact) mass is 302 g/mol. The van der Waals surface area contributed by atoms with E-state index in [1.165, 1.54) is 26.4 Å². The fraction of sp³-hybridized carbons (Fsp3) is 0.500. The van der Waals surface area contributed by atoms with E-state index < -0.39 is 16.1 Å². The molecule has 1 fully saturated rings. The average Bonchev–Trinajstić information content (AvgIpc) is 2.36. The second-order valence-electron chi connectivity index (χ2n) is 4.69. The SMILES string of the molecule is COc1cc(OC)c(S(=O)(=O)NC2CC(O)C2)cc1N. The van der Waals surface area contributed by atoms with E-state index in [4.69, 9.17) is 15.2 Å². The standard InChI is InChI=1S/C12H18N2O5S/c1-18-10-6-11(19-2)12(5-9(10)13)20(16,17)14-7-3-8(15)4-7/h5-8,14-15H,3-4,13H2,1-2H3. The predicted molar refractivity (Wildman–Crippen MR) is 73.3 cm³/mol. The van der Waals surface area contributed by atoms with Crippen molar-refractivity contribution in [3.8, 4) is 11.5 Å². The molecule has 0 atom stereocenters. The Kier molecular flexibility index (Phi) is 4.07. The van der Waals surface area contributed by atoms with Crippen LogP contribution in [0.1, 0.15) is 12.8 Å². The molecule has 1 aliphatic rings. The minimum absolute atomic E-state index is 0.0420. The molecule has 0 aromatic heterocycles. The van der Waals surface area contributed by atoms with Crippen molar-refractivity contribution < 1.29 is 23.0 Å². The number of hydrogen-bond acceptors (Lipinski definition) is 6. The molecule has 0 radical (unpaired) electrons. The van der Waals surface area contributed by atoms with Crippen molar-refractivity contribution in [1.29, 1.82) is 0 Å². The molecule has 0 aliphatic heterocycles. The molecule has 1 aliphatic carbocycles. The molecule has 0 amide bonds. The molecule has 1 aromatic rings. The Morgan fingerprint density at radius 3 is 2.35 bits per heavy atom. The highest BCUT2D eigenvalue weighted by Gasteiger charge is 2.32. The molecule has 1 aromatic carbocycles. The summed E-state index contributed by atoms with van der Waals surface area (Å²) in [5, 5.41) is 9.20. The Morgan fingerprint density at radius 1 is 1.25 bits per heavy atom. The van der Waals surface area contributed by atoms with E-state index in [1.807, 2.05) is 0 Å². The molecule has 8 heteroatoms. The predicted octanol–water partition coefficient (Wildman–Crippen LogP) is 0.0876. The lowest BCUT2D eigenvalue weighted by Gasteiger charge is -2.31. The number of nitrogen functional groups attached to an aromatic ring is 1. The van der Waals surface area contributed by atoms with Crippen LogP contribution in [0.3, 0.4) is 0 Å². The van der Waals surface area contributed by atoms with Crippen LogP contribution in [0.4, 0.5) is 5.69 Å². The highest BCUT2D eigenvalue weighted by Crippen LogP contribution is 2.34. The smallest absolute Gasteiger partial charge is 0.244 e. The van der Waals surface area contributed by atoms with Gasteiger partial charge in [-0.3, -0.25) is 0 Å². The van der Waals surface area contributed by atoms with Gasteiger partial charge in [0.15, 0.2) is 0 Å². The summed E-state index contributed by atoms with van der Waals surface area (Å²) in [5.74, 6) is 0.503. The van der Waals surface area contributed by atoms with Crippen LogP contribution in [0.5, 0.6) is 11.5 Å². The molecule has 4 N–H and O–H groups in total. The van der Waals surface area contributed by atoms with E-state index in [-0.39, 0.29) is 22.4 Å². The Bertz CT molecular complexity index is 596. The van der Waals surface area contributed by atoms with Gasteiger partial charge in [0.05, 0.1) is 26.0 Å². The quantitative estimate of drug-likeness (QED) is 0.665. The Labute approximate surface area is 117 Å². The largest absolute Gasteiger partial charge is 0.495 e. The minimum Gasteiger partial charge on any atom is -0.495 e. The second kappa shape index (κ2) is 5.47. The molecule has 0 unspecified atom stereocenters. The third kappa shape index (κ3) is 2.82. The fourth-order valence-corrected chi connectivity index (χ4v) is 3.52. The maximum Gasteiger partial charge on any atom is 0.244 e. The molecule has 112 valence electrons. The summed E-state index contributed by atoms with van der Waals surface area (Å²) in [5.41, 5.74) is 5.95. The van der Waals surface area contributed by atoms with Crippen molar-refractivity contribution in [2.24, 2.45) is 0 Å². The number of hydrogen-bond donors (Lipinski definition) is 3. The van der Waals surface area contributed by atoms with Gasteiger partial charge < -0.3 is 20.3 Å². The molecular formula is C12H18N2O5S. The first-order chi connectivity index (χ1) is 9.37. The zero-order valence-electron chi connectivity index (χ0n) is 11.3. The molecule has 0 saturated heterocycles. The summed E-state index contributed by atoms with van der Waals surface area (Å²) in [6, 6.07) is 2.47. The van der Waals surface area contributed by atoms with E-state index in [0.717, 1.165) is 0 Å².